The first kappa shape index (κ1) is 15.1. The van der Waals surface area contributed by atoms with Crippen molar-refractivity contribution in [1.29, 1.82) is 0 Å². The number of aryl methyl sites for hydroxylation is 1. The van der Waals surface area contributed by atoms with Crippen molar-refractivity contribution in [2.45, 2.75) is 39.2 Å². The Morgan fingerprint density at radius 3 is 2.68 bits per heavy atom. The molecular formula is C18H23FN2O. The van der Waals surface area contributed by atoms with Crippen LogP contribution in [0.4, 0.5) is 9.18 Å². The molecule has 4 heteroatoms. The maximum atomic E-state index is 14.1. The van der Waals surface area contributed by atoms with Gasteiger partial charge in [-0.15, -0.1) is 0 Å². The molecular weight excluding hydrogens is 279 g/mol. The fourth-order valence-corrected chi connectivity index (χ4v) is 3.33. The number of rotatable bonds is 1. The molecule has 2 aliphatic rings. The lowest BCUT2D eigenvalue weighted by Crippen LogP contribution is -2.47. The Hall–Kier alpha value is -1.84. The molecule has 1 atom stereocenters. The Balaban J connectivity index is 1.76. The monoisotopic (exact) mass is 302 g/mol. The molecule has 1 saturated heterocycles. The van der Waals surface area contributed by atoms with Gasteiger partial charge in [0.1, 0.15) is 5.82 Å². The Morgan fingerprint density at radius 1 is 1.23 bits per heavy atom. The van der Waals surface area contributed by atoms with Gasteiger partial charge in [-0.05, 0) is 50.8 Å². The van der Waals surface area contributed by atoms with Gasteiger partial charge in [0.25, 0.3) is 0 Å². The number of urea groups is 1. The summed E-state index contributed by atoms with van der Waals surface area (Å²) in [5.41, 5.74) is 2.57. The van der Waals surface area contributed by atoms with Gasteiger partial charge >= 0.3 is 6.03 Å². The van der Waals surface area contributed by atoms with Crippen molar-refractivity contribution < 1.29 is 9.18 Å². The summed E-state index contributed by atoms with van der Waals surface area (Å²) < 4.78 is 14.1. The third-order valence-electron chi connectivity index (χ3n) is 4.61. The first-order chi connectivity index (χ1) is 10.6. The topological polar surface area (TPSA) is 23.6 Å². The zero-order valence-electron chi connectivity index (χ0n) is 13.3. The molecule has 0 radical (unpaired) electrons. The number of benzene rings is 1. The van der Waals surface area contributed by atoms with E-state index in [1.54, 1.807) is 6.07 Å². The standard InChI is InChI=1S/C18H23FN2O/c1-13-6-7-17(19)16(10-13)15-11-14(2)21(12-15)18(22)20-8-4-3-5-9-20/h6-7,10-11,14H,3-5,8-9,12H2,1-2H3. The van der Waals surface area contributed by atoms with Gasteiger partial charge in [-0.1, -0.05) is 17.7 Å². The first-order valence-electron chi connectivity index (χ1n) is 8.09. The number of hydrogen-bond acceptors (Lipinski definition) is 1. The van der Waals surface area contributed by atoms with Crippen LogP contribution < -0.4 is 0 Å². The second-order valence-electron chi connectivity index (χ2n) is 6.37. The number of halogens is 1. The van der Waals surface area contributed by atoms with Crippen LogP contribution in [0.25, 0.3) is 5.57 Å². The lowest BCUT2D eigenvalue weighted by atomic mass is 10.0. The summed E-state index contributed by atoms with van der Waals surface area (Å²) in [5.74, 6) is -0.212. The predicted molar refractivity (Wildman–Crippen MR) is 86.1 cm³/mol. The van der Waals surface area contributed by atoms with E-state index in [1.807, 2.05) is 35.8 Å². The molecule has 0 aromatic heterocycles. The number of carbonyl (C=O) groups is 1. The van der Waals surface area contributed by atoms with E-state index in [2.05, 4.69) is 0 Å². The molecule has 1 aromatic rings. The van der Waals surface area contributed by atoms with Crippen LogP contribution in [0.3, 0.4) is 0 Å². The van der Waals surface area contributed by atoms with Crippen LogP contribution in [-0.2, 0) is 0 Å². The van der Waals surface area contributed by atoms with Gasteiger partial charge in [-0.25, -0.2) is 9.18 Å². The van der Waals surface area contributed by atoms with Crippen LogP contribution in [-0.4, -0.2) is 41.5 Å². The molecule has 1 aromatic carbocycles. The maximum Gasteiger partial charge on any atom is 0.320 e. The van der Waals surface area contributed by atoms with Gasteiger partial charge in [0, 0.05) is 31.2 Å². The average Bonchev–Trinajstić information content (AvgIpc) is 2.91. The third kappa shape index (κ3) is 2.87. The van der Waals surface area contributed by atoms with E-state index in [0.717, 1.165) is 37.1 Å². The van der Waals surface area contributed by atoms with Gasteiger partial charge in [0.05, 0.1) is 0 Å². The fourth-order valence-electron chi connectivity index (χ4n) is 3.33. The van der Waals surface area contributed by atoms with Crippen molar-refractivity contribution in [3.8, 4) is 0 Å². The van der Waals surface area contributed by atoms with E-state index in [0.29, 0.717) is 12.1 Å². The van der Waals surface area contributed by atoms with E-state index < -0.39 is 0 Å². The smallest absolute Gasteiger partial charge is 0.320 e. The minimum absolute atomic E-state index is 0.0179. The molecule has 0 saturated carbocycles. The van der Waals surface area contributed by atoms with Crippen LogP contribution in [0.2, 0.25) is 0 Å². The van der Waals surface area contributed by atoms with Gasteiger partial charge < -0.3 is 9.80 Å². The van der Waals surface area contributed by atoms with Crippen LogP contribution in [0, 0.1) is 12.7 Å². The zero-order valence-corrected chi connectivity index (χ0v) is 13.3. The van der Waals surface area contributed by atoms with Gasteiger partial charge in [-0.2, -0.15) is 0 Å². The molecule has 0 aliphatic carbocycles. The zero-order chi connectivity index (χ0) is 15.7. The van der Waals surface area contributed by atoms with Crippen molar-refractivity contribution in [3.05, 3.63) is 41.2 Å². The van der Waals surface area contributed by atoms with Gasteiger partial charge in [0.15, 0.2) is 0 Å². The van der Waals surface area contributed by atoms with Crippen molar-refractivity contribution in [2.75, 3.05) is 19.6 Å². The van der Waals surface area contributed by atoms with E-state index in [9.17, 15) is 9.18 Å². The summed E-state index contributed by atoms with van der Waals surface area (Å²) in [5, 5.41) is 0. The quantitative estimate of drug-likeness (QED) is 0.773. The fraction of sp³-hybridized carbons (Fsp3) is 0.500. The van der Waals surface area contributed by atoms with Crippen molar-refractivity contribution in [1.82, 2.24) is 9.80 Å². The number of piperidine rings is 1. The highest BCUT2D eigenvalue weighted by Gasteiger charge is 2.31. The Labute approximate surface area is 131 Å². The third-order valence-corrected chi connectivity index (χ3v) is 4.61. The molecule has 118 valence electrons. The molecule has 3 nitrogen and oxygen atoms in total. The molecule has 0 bridgehead atoms. The Bertz CT molecular complexity index is 605. The van der Waals surface area contributed by atoms with Gasteiger partial charge in [-0.3, -0.25) is 0 Å². The highest BCUT2D eigenvalue weighted by molar-refractivity contribution is 5.81. The number of amides is 2. The van der Waals surface area contributed by atoms with Crippen LogP contribution in [0.15, 0.2) is 24.3 Å². The minimum Gasteiger partial charge on any atom is -0.325 e. The molecule has 0 spiro atoms. The average molecular weight is 302 g/mol. The summed E-state index contributed by atoms with van der Waals surface area (Å²) in [6.45, 7) is 6.14. The summed E-state index contributed by atoms with van der Waals surface area (Å²) in [6, 6.07) is 5.25. The molecule has 1 fully saturated rings. The number of nitrogens with zero attached hydrogens (tertiary/aromatic N) is 2. The van der Waals surface area contributed by atoms with E-state index in [-0.39, 0.29) is 17.9 Å². The van der Waals surface area contributed by atoms with E-state index in [4.69, 9.17) is 0 Å². The molecule has 1 unspecified atom stereocenters. The SMILES string of the molecule is Cc1ccc(F)c(C2=CC(C)N(C(=O)N3CCCCC3)C2)c1. The van der Waals surface area contributed by atoms with Gasteiger partial charge in [0.2, 0.25) is 0 Å². The van der Waals surface area contributed by atoms with Crippen molar-refractivity contribution in [3.63, 3.8) is 0 Å². The summed E-state index contributed by atoms with van der Waals surface area (Å²) in [4.78, 5) is 16.4. The Kier molecular flexibility index (Phi) is 4.19. The first-order valence-corrected chi connectivity index (χ1v) is 8.09. The Morgan fingerprint density at radius 2 is 1.95 bits per heavy atom. The number of likely N-dealkylation sites (tertiary alicyclic amines) is 1. The van der Waals surface area contributed by atoms with Crippen LogP contribution in [0.5, 0.6) is 0 Å². The molecule has 2 heterocycles. The lowest BCUT2D eigenvalue weighted by Gasteiger charge is -2.33. The summed E-state index contributed by atoms with van der Waals surface area (Å²) in [7, 11) is 0. The lowest BCUT2D eigenvalue weighted by molar-refractivity contribution is 0.145. The van der Waals surface area contributed by atoms with E-state index in [1.165, 1.54) is 12.5 Å². The molecule has 0 N–H and O–H groups in total. The normalized spacial score (nSPS) is 22.0. The molecule has 2 aliphatic heterocycles. The molecule has 2 amide bonds. The summed E-state index contributed by atoms with van der Waals surface area (Å²) in [6.07, 6.45) is 5.39. The van der Waals surface area contributed by atoms with Crippen molar-refractivity contribution >= 4 is 11.6 Å². The van der Waals surface area contributed by atoms with Crippen LogP contribution in [0.1, 0.15) is 37.3 Å². The van der Waals surface area contributed by atoms with Crippen molar-refractivity contribution in [2.24, 2.45) is 0 Å². The molecule has 3 rings (SSSR count). The number of carbonyl (C=O) groups excluding carboxylic acids is 1. The number of hydrogen-bond donors (Lipinski definition) is 0. The second kappa shape index (κ2) is 6.11. The minimum atomic E-state index is -0.212. The summed E-state index contributed by atoms with van der Waals surface area (Å²) >= 11 is 0. The highest BCUT2D eigenvalue weighted by Crippen LogP contribution is 2.28. The molecule has 22 heavy (non-hydrogen) atoms. The predicted octanol–water partition coefficient (Wildman–Crippen LogP) is 3.83. The maximum absolute atomic E-state index is 14.1. The van der Waals surface area contributed by atoms with Crippen LogP contribution >= 0.6 is 0 Å². The highest BCUT2D eigenvalue weighted by atomic mass is 19.1. The second-order valence-corrected chi connectivity index (χ2v) is 6.37. The largest absolute Gasteiger partial charge is 0.325 e. The van der Waals surface area contributed by atoms with E-state index >= 15 is 0 Å².